The molecule has 2 aliphatic rings. The van der Waals surface area contributed by atoms with E-state index in [0.717, 1.165) is 29.8 Å². The number of carbonyl (C=O) groups is 4. The number of piperazine rings is 2. The van der Waals surface area contributed by atoms with Gasteiger partial charge in [0.1, 0.15) is 23.5 Å². The Balaban J connectivity index is 0.000000243. The number of nitrogens with zero attached hydrogens (tertiary/aromatic N) is 6. The molecular weight excluding hydrogens is 909 g/mol. The van der Waals surface area contributed by atoms with Gasteiger partial charge in [0.05, 0.1) is 37.5 Å². The first-order valence-electron chi connectivity index (χ1n) is 22.5. The number of amides is 4. The number of aryl methyl sites for hydroxylation is 2. The molecule has 2 aromatic heterocycles. The van der Waals surface area contributed by atoms with E-state index >= 15 is 0 Å². The van der Waals surface area contributed by atoms with Crippen LogP contribution in [0, 0.1) is 23.3 Å². The maximum Gasteiger partial charge on any atom is 0.410 e. The third-order valence-electron chi connectivity index (χ3n) is 11.2. The van der Waals surface area contributed by atoms with Crippen molar-refractivity contribution >= 4 is 45.8 Å². The molecule has 0 bridgehead atoms. The Kier molecular flexibility index (Phi) is 16.4. The molecule has 4 amide bonds. The SMILES string of the molecule is Cn1c(C(=O)N2CCN(C(=O)OC(C)(C)C)CC2)c(O)c2cc(F)c(F)cc21.Cn1c(C(=O)N2CCN(C(=O)OC(C)(C)C)CC2)c(OCCOCCOCc2ccccc2)c2cc(F)c(F)cc21. The maximum absolute atomic E-state index is 14.2. The fourth-order valence-electron chi connectivity index (χ4n) is 7.76. The summed E-state index contributed by atoms with van der Waals surface area (Å²) >= 11 is 0. The summed E-state index contributed by atoms with van der Waals surface area (Å²) in [6, 6.07) is 13.7. The number of aromatic nitrogens is 2. The summed E-state index contributed by atoms with van der Waals surface area (Å²) in [5.41, 5.74) is 0.496. The van der Waals surface area contributed by atoms with Gasteiger partial charge >= 0.3 is 12.2 Å². The molecule has 2 fully saturated rings. The molecule has 69 heavy (non-hydrogen) atoms. The summed E-state index contributed by atoms with van der Waals surface area (Å²) in [4.78, 5) is 57.3. The number of carbonyl (C=O) groups excluding carboxylic acids is 4. The van der Waals surface area contributed by atoms with Gasteiger partial charge in [-0.25, -0.2) is 27.2 Å². The van der Waals surface area contributed by atoms with E-state index in [-0.39, 0.29) is 91.8 Å². The molecule has 20 heteroatoms. The molecule has 2 aliphatic heterocycles. The van der Waals surface area contributed by atoms with Crippen LogP contribution in [-0.2, 0) is 39.6 Å². The van der Waals surface area contributed by atoms with Crippen LogP contribution in [0.2, 0.25) is 0 Å². The highest BCUT2D eigenvalue weighted by atomic mass is 19.2. The van der Waals surface area contributed by atoms with Crippen molar-refractivity contribution in [1.29, 1.82) is 0 Å². The molecule has 0 radical (unpaired) electrons. The quantitative estimate of drug-likeness (QED) is 0.103. The minimum atomic E-state index is -1.10. The van der Waals surface area contributed by atoms with Gasteiger partial charge in [-0.1, -0.05) is 30.3 Å². The zero-order chi connectivity index (χ0) is 50.4. The van der Waals surface area contributed by atoms with Gasteiger partial charge in [-0.2, -0.15) is 0 Å². The lowest BCUT2D eigenvalue weighted by atomic mass is 10.2. The first-order chi connectivity index (χ1) is 32.5. The maximum atomic E-state index is 14.2. The van der Waals surface area contributed by atoms with Gasteiger partial charge in [0, 0.05) is 89.4 Å². The topological polar surface area (TPSA) is 157 Å². The van der Waals surface area contributed by atoms with E-state index in [1.807, 2.05) is 30.3 Å². The number of hydrogen-bond donors (Lipinski definition) is 1. The van der Waals surface area contributed by atoms with Crippen LogP contribution >= 0.6 is 0 Å². The van der Waals surface area contributed by atoms with Crippen molar-refractivity contribution in [2.24, 2.45) is 14.1 Å². The predicted molar refractivity (Wildman–Crippen MR) is 247 cm³/mol. The van der Waals surface area contributed by atoms with Crippen molar-refractivity contribution in [3.63, 3.8) is 0 Å². The van der Waals surface area contributed by atoms with Gasteiger partial charge in [0.2, 0.25) is 0 Å². The van der Waals surface area contributed by atoms with E-state index in [1.165, 1.54) is 26.0 Å². The Bertz CT molecular complexity index is 2600. The van der Waals surface area contributed by atoms with Gasteiger partial charge in [-0.3, -0.25) is 9.59 Å². The van der Waals surface area contributed by atoms with Crippen molar-refractivity contribution in [1.82, 2.24) is 28.7 Å². The third-order valence-corrected chi connectivity index (χ3v) is 11.2. The number of halogens is 4. The Morgan fingerprint density at radius 1 is 0.551 bits per heavy atom. The molecule has 5 aromatic rings. The van der Waals surface area contributed by atoms with Gasteiger partial charge < -0.3 is 57.5 Å². The number of hydrogen-bond acceptors (Lipinski definition) is 10. The molecule has 7 rings (SSSR count). The van der Waals surface area contributed by atoms with Gasteiger partial charge in [0.15, 0.2) is 40.5 Å². The summed E-state index contributed by atoms with van der Waals surface area (Å²) in [5.74, 6) is -5.28. The Hall–Kier alpha value is -6.54. The summed E-state index contributed by atoms with van der Waals surface area (Å²) in [6.07, 6.45) is -0.882. The van der Waals surface area contributed by atoms with Crippen LogP contribution in [-0.4, -0.2) is 148 Å². The number of aromatic hydroxyl groups is 1. The molecule has 16 nitrogen and oxygen atoms in total. The Labute approximate surface area is 397 Å². The molecule has 2 saturated heterocycles. The van der Waals surface area contributed by atoms with Crippen LogP contribution in [0.5, 0.6) is 11.5 Å². The average Bonchev–Trinajstić information content (AvgIpc) is 3.69. The fourth-order valence-corrected chi connectivity index (χ4v) is 7.76. The van der Waals surface area contributed by atoms with E-state index in [9.17, 15) is 41.8 Å². The first-order valence-corrected chi connectivity index (χ1v) is 22.5. The second-order valence-corrected chi connectivity index (χ2v) is 18.6. The highest BCUT2D eigenvalue weighted by Gasteiger charge is 2.34. The minimum absolute atomic E-state index is 0.0503. The van der Waals surface area contributed by atoms with Crippen LogP contribution in [0.15, 0.2) is 54.6 Å². The van der Waals surface area contributed by atoms with Crippen LogP contribution in [0.4, 0.5) is 27.2 Å². The van der Waals surface area contributed by atoms with Crippen molar-refractivity contribution in [2.45, 2.75) is 59.4 Å². The van der Waals surface area contributed by atoms with Crippen LogP contribution in [0.25, 0.3) is 21.8 Å². The van der Waals surface area contributed by atoms with E-state index in [1.54, 1.807) is 58.4 Å². The number of benzene rings is 3. The highest BCUT2D eigenvalue weighted by molar-refractivity contribution is 6.05. The van der Waals surface area contributed by atoms with Gasteiger partial charge in [-0.05, 0) is 59.2 Å². The summed E-state index contributed by atoms with van der Waals surface area (Å²) in [6.45, 7) is 14.4. The standard InChI is InChI=1S/C30H37F2N3O6.C19H23F2N3O4/c1-30(2,3)41-29(37)35-12-10-34(11-13-35)28(36)26-27(22-18-23(31)24(32)19-25(22)33(26)4)40-17-16-38-14-15-39-20-21-8-6-5-7-9-21;1-19(2,3)28-18(27)24-7-5-23(6-8-24)17(26)15-16(25)11-9-12(20)13(21)10-14(11)22(15)4/h5-9,18-19H,10-17,20H2,1-4H3;9-10,25H,5-8H2,1-4H3. The molecular formula is C49H60F4N6O10. The molecule has 4 heterocycles. The fraction of sp³-hybridized carbons (Fsp3) is 0.469. The van der Waals surface area contributed by atoms with E-state index in [2.05, 4.69) is 0 Å². The predicted octanol–water partition coefficient (Wildman–Crippen LogP) is 7.62. The number of fused-ring (bicyclic) bond motifs is 2. The third kappa shape index (κ3) is 12.8. The monoisotopic (exact) mass is 968 g/mol. The smallest absolute Gasteiger partial charge is 0.410 e. The molecule has 0 aliphatic carbocycles. The molecule has 0 saturated carbocycles. The highest BCUT2D eigenvalue weighted by Crippen LogP contribution is 2.36. The van der Waals surface area contributed by atoms with Crippen LogP contribution < -0.4 is 4.74 Å². The average molecular weight is 969 g/mol. The molecule has 0 spiro atoms. The van der Waals surface area contributed by atoms with E-state index < -0.39 is 58.3 Å². The molecule has 0 unspecified atom stereocenters. The summed E-state index contributed by atoms with van der Waals surface area (Å²) in [7, 11) is 3.11. The van der Waals surface area contributed by atoms with Gasteiger partial charge in [0.25, 0.3) is 11.8 Å². The van der Waals surface area contributed by atoms with E-state index in [4.69, 9.17) is 23.7 Å². The zero-order valence-electron chi connectivity index (χ0n) is 40.2. The van der Waals surface area contributed by atoms with Crippen molar-refractivity contribution < 1.29 is 65.5 Å². The number of ether oxygens (including phenoxy) is 5. The number of rotatable bonds is 11. The largest absolute Gasteiger partial charge is 0.505 e. The molecule has 3 aromatic carbocycles. The zero-order valence-corrected chi connectivity index (χ0v) is 40.2. The summed E-state index contributed by atoms with van der Waals surface area (Å²) < 4.78 is 86.2. The van der Waals surface area contributed by atoms with Crippen molar-refractivity contribution in [3.05, 3.63) is 94.8 Å². The van der Waals surface area contributed by atoms with E-state index in [0.29, 0.717) is 38.4 Å². The second kappa shape index (κ2) is 21.8. The Morgan fingerprint density at radius 3 is 1.46 bits per heavy atom. The first kappa shape index (κ1) is 51.8. The lowest BCUT2D eigenvalue weighted by Crippen LogP contribution is -2.51. The summed E-state index contributed by atoms with van der Waals surface area (Å²) in [5, 5.41) is 10.8. The second-order valence-electron chi connectivity index (χ2n) is 18.6. The minimum Gasteiger partial charge on any atom is -0.505 e. The molecule has 1 N–H and O–H groups in total. The van der Waals surface area contributed by atoms with Crippen LogP contribution in [0.1, 0.15) is 68.1 Å². The van der Waals surface area contributed by atoms with Crippen molar-refractivity contribution in [2.75, 3.05) is 78.8 Å². The van der Waals surface area contributed by atoms with Crippen LogP contribution in [0.3, 0.4) is 0 Å². The lowest BCUT2D eigenvalue weighted by molar-refractivity contribution is 0.0134. The normalized spacial score (nSPS) is 14.5. The van der Waals surface area contributed by atoms with Crippen molar-refractivity contribution in [3.8, 4) is 11.5 Å². The lowest BCUT2D eigenvalue weighted by Gasteiger charge is -2.35. The van der Waals surface area contributed by atoms with Gasteiger partial charge in [-0.15, -0.1) is 0 Å². The molecule has 374 valence electrons. The molecule has 0 atom stereocenters. The Morgan fingerprint density at radius 2 is 0.957 bits per heavy atom.